The van der Waals surface area contributed by atoms with Crippen molar-refractivity contribution < 1.29 is 19.3 Å². The highest BCUT2D eigenvalue weighted by Crippen LogP contribution is 2.29. The van der Waals surface area contributed by atoms with Gasteiger partial charge in [0.25, 0.3) is 5.69 Å². The summed E-state index contributed by atoms with van der Waals surface area (Å²) < 4.78 is 10.3. The molecule has 0 bridgehead atoms. The molecule has 0 fully saturated rings. The summed E-state index contributed by atoms with van der Waals surface area (Å²) >= 11 is 0. The second-order valence-corrected chi connectivity index (χ2v) is 4.73. The Labute approximate surface area is 142 Å². The lowest BCUT2D eigenvalue weighted by Crippen LogP contribution is -1.99. The van der Waals surface area contributed by atoms with Gasteiger partial charge in [0.15, 0.2) is 0 Å². The van der Waals surface area contributed by atoms with Gasteiger partial charge in [0.2, 0.25) is 0 Å². The lowest BCUT2D eigenvalue weighted by Gasteiger charge is -2.06. The molecule has 0 aliphatic rings. The fraction of sp³-hybridized carbons (Fsp3) is 0.133. The molecular formula is C15H14N4O6. The number of hydrogen-bond donors (Lipinski definition) is 1. The van der Waals surface area contributed by atoms with E-state index in [0.717, 1.165) is 12.1 Å². The maximum atomic E-state index is 11.1. The zero-order valence-electron chi connectivity index (χ0n) is 13.3. The molecule has 2 aromatic rings. The molecule has 0 spiro atoms. The molecule has 0 aliphatic heterocycles. The van der Waals surface area contributed by atoms with Crippen LogP contribution in [0.25, 0.3) is 0 Å². The van der Waals surface area contributed by atoms with Crippen LogP contribution < -0.4 is 14.9 Å². The van der Waals surface area contributed by atoms with Crippen LogP contribution in [0.5, 0.6) is 11.5 Å². The third-order valence-corrected chi connectivity index (χ3v) is 3.16. The number of hydrogen-bond acceptors (Lipinski definition) is 8. The normalized spacial score (nSPS) is 10.5. The first-order chi connectivity index (χ1) is 11.9. The largest absolute Gasteiger partial charge is 0.497 e. The number of non-ortho nitro benzene ring substituents is 1. The van der Waals surface area contributed by atoms with Gasteiger partial charge in [-0.2, -0.15) is 5.10 Å². The van der Waals surface area contributed by atoms with Crippen molar-refractivity contribution in [2.24, 2.45) is 5.10 Å². The van der Waals surface area contributed by atoms with Gasteiger partial charge in [-0.05, 0) is 18.2 Å². The first kappa shape index (κ1) is 17.7. The van der Waals surface area contributed by atoms with Gasteiger partial charge >= 0.3 is 5.69 Å². The number of methoxy groups -OCH3 is 2. The number of rotatable bonds is 7. The maximum absolute atomic E-state index is 11.1. The van der Waals surface area contributed by atoms with E-state index in [4.69, 9.17) is 9.47 Å². The van der Waals surface area contributed by atoms with Crippen molar-refractivity contribution in [1.29, 1.82) is 0 Å². The van der Waals surface area contributed by atoms with Gasteiger partial charge in [-0.25, -0.2) is 0 Å². The Morgan fingerprint density at radius 3 is 2.16 bits per heavy atom. The fourth-order valence-electron chi connectivity index (χ4n) is 1.96. The molecule has 25 heavy (non-hydrogen) atoms. The third-order valence-electron chi connectivity index (χ3n) is 3.16. The number of nitro groups is 2. The zero-order chi connectivity index (χ0) is 18.4. The molecule has 10 nitrogen and oxygen atoms in total. The van der Waals surface area contributed by atoms with Crippen LogP contribution in [0.3, 0.4) is 0 Å². The van der Waals surface area contributed by atoms with E-state index in [1.807, 2.05) is 0 Å². The van der Waals surface area contributed by atoms with Gasteiger partial charge in [-0.3, -0.25) is 25.7 Å². The molecule has 2 rings (SSSR count). The molecule has 0 aliphatic carbocycles. The third kappa shape index (κ3) is 4.41. The average molecular weight is 346 g/mol. The highest BCUT2D eigenvalue weighted by Gasteiger charge is 2.19. The summed E-state index contributed by atoms with van der Waals surface area (Å²) in [6.07, 6.45) is 1.41. The van der Waals surface area contributed by atoms with Crippen molar-refractivity contribution in [2.45, 2.75) is 0 Å². The predicted molar refractivity (Wildman–Crippen MR) is 90.5 cm³/mol. The van der Waals surface area contributed by atoms with E-state index in [0.29, 0.717) is 17.1 Å². The molecule has 130 valence electrons. The quantitative estimate of drug-likeness (QED) is 0.463. The van der Waals surface area contributed by atoms with Crippen molar-refractivity contribution in [2.75, 3.05) is 19.6 Å². The van der Waals surface area contributed by atoms with Crippen LogP contribution in [0.4, 0.5) is 17.1 Å². The molecule has 0 radical (unpaired) electrons. The van der Waals surface area contributed by atoms with E-state index in [9.17, 15) is 20.2 Å². The van der Waals surface area contributed by atoms with E-state index in [-0.39, 0.29) is 11.4 Å². The predicted octanol–water partition coefficient (Wildman–Crippen LogP) is 2.97. The first-order valence-electron chi connectivity index (χ1n) is 6.89. The van der Waals surface area contributed by atoms with Gasteiger partial charge in [-0.1, -0.05) is 0 Å². The van der Waals surface area contributed by atoms with E-state index in [1.54, 1.807) is 18.2 Å². The zero-order valence-corrected chi connectivity index (χ0v) is 13.3. The van der Waals surface area contributed by atoms with Crippen molar-refractivity contribution >= 4 is 23.3 Å². The number of nitro benzene ring substituents is 2. The molecule has 0 atom stereocenters. The van der Waals surface area contributed by atoms with Crippen LogP contribution in [0, 0.1) is 20.2 Å². The number of benzene rings is 2. The summed E-state index contributed by atoms with van der Waals surface area (Å²) in [5, 5.41) is 25.7. The summed E-state index contributed by atoms with van der Waals surface area (Å²) in [4.78, 5) is 20.3. The van der Waals surface area contributed by atoms with Crippen LogP contribution in [0.1, 0.15) is 5.56 Å². The average Bonchev–Trinajstić information content (AvgIpc) is 2.61. The minimum atomic E-state index is -0.723. The van der Waals surface area contributed by atoms with Crippen molar-refractivity contribution in [3.8, 4) is 11.5 Å². The van der Waals surface area contributed by atoms with Crippen molar-refractivity contribution in [1.82, 2.24) is 0 Å². The van der Waals surface area contributed by atoms with Crippen LogP contribution in [0.2, 0.25) is 0 Å². The van der Waals surface area contributed by atoms with Gasteiger partial charge in [0.1, 0.15) is 17.2 Å². The Balaban J connectivity index is 2.25. The summed E-state index contributed by atoms with van der Waals surface area (Å²) in [5.74, 6) is 1.12. The molecule has 0 saturated carbocycles. The molecule has 0 amide bonds. The van der Waals surface area contributed by atoms with Gasteiger partial charge in [-0.15, -0.1) is 0 Å². The number of nitrogens with one attached hydrogen (secondary N) is 1. The fourth-order valence-corrected chi connectivity index (χ4v) is 1.96. The minimum Gasteiger partial charge on any atom is -0.497 e. The number of ether oxygens (including phenoxy) is 2. The molecule has 0 aromatic heterocycles. The lowest BCUT2D eigenvalue weighted by molar-refractivity contribution is -0.393. The van der Waals surface area contributed by atoms with E-state index in [2.05, 4.69) is 10.5 Å². The van der Waals surface area contributed by atoms with E-state index in [1.165, 1.54) is 26.5 Å². The van der Waals surface area contributed by atoms with Gasteiger partial charge in [0.05, 0.1) is 36.3 Å². The number of anilines is 1. The SMILES string of the molecule is COc1cc(/C=N\Nc2ccc([N+](=O)[O-])cc2[N+](=O)[O-])cc(OC)c1. The standard InChI is InChI=1S/C15H14N4O6/c1-24-12-5-10(6-13(8-12)25-2)9-16-17-14-4-3-11(18(20)21)7-15(14)19(22)23/h3-9,17H,1-2H3/b16-9-. The highest BCUT2D eigenvalue weighted by molar-refractivity contribution is 5.82. The molecular weight excluding hydrogens is 332 g/mol. The second-order valence-electron chi connectivity index (χ2n) is 4.73. The Kier molecular flexibility index (Phi) is 5.46. The summed E-state index contributed by atoms with van der Waals surface area (Å²) in [5.41, 5.74) is 2.34. The van der Waals surface area contributed by atoms with Crippen LogP contribution >= 0.6 is 0 Å². The van der Waals surface area contributed by atoms with Crippen molar-refractivity contribution in [3.63, 3.8) is 0 Å². The molecule has 0 saturated heterocycles. The Hall–Kier alpha value is -3.69. The smallest absolute Gasteiger partial charge is 0.301 e. The van der Waals surface area contributed by atoms with E-state index < -0.39 is 15.5 Å². The second kappa shape index (κ2) is 7.73. The monoisotopic (exact) mass is 346 g/mol. The van der Waals surface area contributed by atoms with Gasteiger partial charge < -0.3 is 9.47 Å². The minimum absolute atomic E-state index is 0.0294. The molecule has 0 unspecified atom stereocenters. The number of nitrogens with zero attached hydrogens (tertiary/aromatic N) is 3. The summed E-state index contributed by atoms with van der Waals surface area (Å²) in [6, 6.07) is 8.31. The highest BCUT2D eigenvalue weighted by atomic mass is 16.6. The summed E-state index contributed by atoms with van der Waals surface area (Å²) in [6.45, 7) is 0. The van der Waals surface area contributed by atoms with Crippen LogP contribution in [-0.4, -0.2) is 30.3 Å². The molecule has 0 heterocycles. The topological polar surface area (TPSA) is 129 Å². The van der Waals surface area contributed by atoms with Crippen LogP contribution in [0.15, 0.2) is 41.5 Å². The van der Waals surface area contributed by atoms with Crippen molar-refractivity contribution in [3.05, 3.63) is 62.2 Å². The molecule has 2 aromatic carbocycles. The Bertz CT molecular complexity index is 815. The Morgan fingerprint density at radius 1 is 1.00 bits per heavy atom. The molecule has 1 N–H and O–H groups in total. The molecule has 10 heteroatoms. The first-order valence-corrected chi connectivity index (χ1v) is 6.89. The van der Waals surface area contributed by atoms with Gasteiger partial charge in [0, 0.05) is 17.7 Å². The summed E-state index contributed by atoms with van der Waals surface area (Å²) in [7, 11) is 3.02. The lowest BCUT2D eigenvalue weighted by atomic mass is 10.2. The van der Waals surface area contributed by atoms with Crippen LogP contribution in [-0.2, 0) is 0 Å². The van der Waals surface area contributed by atoms with E-state index >= 15 is 0 Å². The number of hydrazone groups is 1. The maximum Gasteiger partial charge on any atom is 0.301 e. The Morgan fingerprint density at radius 2 is 1.64 bits per heavy atom.